The Morgan fingerprint density at radius 2 is 2.44 bits per heavy atom. The second-order valence-electron chi connectivity index (χ2n) is 1.81. The molecule has 0 aliphatic heterocycles. The summed E-state index contributed by atoms with van der Waals surface area (Å²) in [6.07, 6.45) is 3.09. The van der Waals surface area contributed by atoms with Gasteiger partial charge in [0.05, 0.1) is 0 Å². The first-order valence-electron chi connectivity index (χ1n) is 2.79. The smallest absolute Gasteiger partial charge is 0.101 e. The molecule has 0 N–H and O–H groups in total. The fourth-order valence-electron chi connectivity index (χ4n) is 0.358. The molecule has 1 atom stereocenters. The minimum Gasteiger partial charge on any atom is -0.247 e. The lowest BCUT2D eigenvalue weighted by molar-refractivity contribution is 0.365. The third-order valence-electron chi connectivity index (χ3n) is 0.833. The summed E-state index contributed by atoms with van der Waals surface area (Å²) >= 11 is 3.18. The van der Waals surface area contributed by atoms with Crippen LogP contribution in [0.2, 0.25) is 0 Å². The Hall–Kier alpha value is -0.110. The van der Waals surface area contributed by atoms with Crippen molar-refractivity contribution in [2.24, 2.45) is 0 Å². The Morgan fingerprint density at radius 1 is 1.89 bits per heavy atom. The third-order valence-corrected chi connectivity index (χ3v) is 1.48. The zero-order valence-corrected chi connectivity index (χ0v) is 6.99. The van der Waals surface area contributed by atoms with Crippen molar-refractivity contribution < 1.29 is 4.39 Å². The number of allylic oxidation sites excluding steroid dienone is 3. The summed E-state index contributed by atoms with van der Waals surface area (Å²) in [7, 11) is 0. The summed E-state index contributed by atoms with van der Waals surface area (Å²) in [4.78, 5) is 0. The molecule has 0 fully saturated rings. The molecule has 0 aromatic heterocycles. The van der Waals surface area contributed by atoms with Crippen LogP contribution < -0.4 is 0 Å². The molecular formula is C7H10BrF. The number of hydrogen-bond donors (Lipinski definition) is 0. The van der Waals surface area contributed by atoms with Gasteiger partial charge in [-0.3, -0.25) is 0 Å². The third kappa shape index (κ3) is 5.77. The van der Waals surface area contributed by atoms with Gasteiger partial charge in [-0.1, -0.05) is 34.7 Å². The molecule has 0 saturated carbocycles. The zero-order valence-electron chi connectivity index (χ0n) is 5.40. The molecule has 2 heteroatoms. The maximum Gasteiger partial charge on any atom is 0.101 e. The molecule has 0 saturated heterocycles. The SMILES string of the molecule is C=CC(Br)=CCC(C)F. The molecule has 1 unspecified atom stereocenters. The van der Waals surface area contributed by atoms with Crippen LogP contribution in [0.4, 0.5) is 4.39 Å². The van der Waals surface area contributed by atoms with Crippen molar-refractivity contribution in [3.05, 3.63) is 23.2 Å². The molecule has 0 aromatic rings. The van der Waals surface area contributed by atoms with Crippen molar-refractivity contribution in [3.8, 4) is 0 Å². The molecule has 0 aliphatic carbocycles. The summed E-state index contributed by atoms with van der Waals surface area (Å²) in [5.74, 6) is 0. The van der Waals surface area contributed by atoms with E-state index in [2.05, 4.69) is 22.5 Å². The maximum atomic E-state index is 12.1. The van der Waals surface area contributed by atoms with E-state index in [1.54, 1.807) is 12.2 Å². The van der Waals surface area contributed by atoms with E-state index in [0.717, 1.165) is 4.48 Å². The predicted molar refractivity (Wildman–Crippen MR) is 42.4 cm³/mol. The van der Waals surface area contributed by atoms with Crippen LogP contribution in [0.5, 0.6) is 0 Å². The molecule has 0 heterocycles. The van der Waals surface area contributed by atoms with E-state index in [4.69, 9.17) is 0 Å². The Balaban J connectivity index is 3.56. The Bertz CT molecular complexity index is 116. The first-order valence-corrected chi connectivity index (χ1v) is 3.58. The van der Waals surface area contributed by atoms with Crippen LogP contribution in [-0.2, 0) is 0 Å². The summed E-state index contributed by atoms with van der Waals surface area (Å²) in [6.45, 7) is 5.03. The molecule has 0 radical (unpaired) electrons. The van der Waals surface area contributed by atoms with Crippen LogP contribution in [0.25, 0.3) is 0 Å². The standard InChI is InChI=1S/C7H10BrF/c1-3-7(8)5-4-6(2)9/h3,5-6H,1,4H2,2H3. The molecule has 0 nitrogen and oxygen atoms in total. The Morgan fingerprint density at radius 3 is 2.78 bits per heavy atom. The lowest BCUT2D eigenvalue weighted by atomic mass is 10.3. The molecule has 9 heavy (non-hydrogen) atoms. The monoisotopic (exact) mass is 192 g/mol. The molecule has 0 bridgehead atoms. The largest absolute Gasteiger partial charge is 0.247 e. The highest BCUT2D eigenvalue weighted by atomic mass is 79.9. The van der Waals surface area contributed by atoms with Crippen LogP contribution in [0.15, 0.2) is 23.2 Å². The van der Waals surface area contributed by atoms with Crippen LogP contribution in [0.3, 0.4) is 0 Å². The summed E-state index contributed by atoms with van der Waals surface area (Å²) in [6, 6.07) is 0. The molecule has 0 aromatic carbocycles. The zero-order chi connectivity index (χ0) is 7.28. The molecular weight excluding hydrogens is 183 g/mol. The molecule has 0 amide bonds. The van der Waals surface area contributed by atoms with Gasteiger partial charge in [-0.05, 0) is 13.3 Å². The van der Waals surface area contributed by atoms with Crippen molar-refractivity contribution >= 4 is 15.9 Å². The van der Waals surface area contributed by atoms with Crippen molar-refractivity contribution in [2.45, 2.75) is 19.5 Å². The Labute approximate surface area is 63.6 Å². The summed E-state index contributed by atoms with van der Waals surface area (Å²) < 4.78 is 13.0. The van der Waals surface area contributed by atoms with Crippen LogP contribution >= 0.6 is 15.9 Å². The van der Waals surface area contributed by atoms with Crippen LogP contribution in [0.1, 0.15) is 13.3 Å². The molecule has 0 spiro atoms. The van der Waals surface area contributed by atoms with E-state index >= 15 is 0 Å². The highest BCUT2D eigenvalue weighted by molar-refractivity contribution is 9.11. The lowest BCUT2D eigenvalue weighted by Gasteiger charge is -1.93. The van der Waals surface area contributed by atoms with Crippen LogP contribution in [-0.4, -0.2) is 6.17 Å². The van der Waals surface area contributed by atoms with Gasteiger partial charge in [0.25, 0.3) is 0 Å². The minimum absolute atomic E-state index is 0.451. The van der Waals surface area contributed by atoms with E-state index in [9.17, 15) is 4.39 Å². The molecule has 0 rings (SSSR count). The number of rotatable bonds is 3. The van der Waals surface area contributed by atoms with E-state index in [1.165, 1.54) is 6.92 Å². The average Bonchev–Trinajstić information content (AvgIpc) is 1.83. The van der Waals surface area contributed by atoms with Crippen molar-refractivity contribution in [1.29, 1.82) is 0 Å². The number of alkyl halides is 1. The second-order valence-corrected chi connectivity index (χ2v) is 2.73. The minimum atomic E-state index is -0.766. The Kier molecular flexibility index (Phi) is 4.68. The quantitative estimate of drug-likeness (QED) is 0.603. The van der Waals surface area contributed by atoms with Gasteiger partial charge in [0, 0.05) is 4.48 Å². The highest BCUT2D eigenvalue weighted by Crippen LogP contribution is 2.08. The molecule has 52 valence electrons. The topological polar surface area (TPSA) is 0 Å². The van der Waals surface area contributed by atoms with E-state index in [0.29, 0.717) is 6.42 Å². The van der Waals surface area contributed by atoms with Crippen molar-refractivity contribution in [3.63, 3.8) is 0 Å². The first kappa shape index (κ1) is 8.89. The van der Waals surface area contributed by atoms with Gasteiger partial charge < -0.3 is 0 Å². The fraction of sp³-hybridized carbons (Fsp3) is 0.429. The summed E-state index contributed by atoms with van der Waals surface area (Å²) in [5.41, 5.74) is 0. The van der Waals surface area contributed by atoms with E-state index < -0.39 is 6.17 Å². The maximum absolute atomic E-state index is 12.1. The van der Waals surface area contributed by atoms with Crippen molar-refractivity contribution in [1.82, 2.24) is 0 Å². The average molecular weight is 193 g/mol. The van der Waals surface area contributed by atoms with Crippen molar-refractivity contribution in [2.75, 3.05) is 0 Å². The van der Waals surface area contributed by atoms with Gasteiger partial charge in [0.2, 0.25) is 0 Å². The van der Waals surface area contributed by atoms with Crippen LogP contribution in [0, 0.1) is 0 Å². The fourth-order valence-corrected chi connectivity index (χ4v) is 0.545. The van der Waals surface area contributed by atoms with Gasteiger partial charge in [-0.25, -0.2) is 4.39 Å². The second kappa shape index (κ2) is 4.74. The number of hydrogen-bond acceptors (Lipinski definition) is 0. The molecule has 0 aliphatic rings. The van der Waals surface area contributed by atoms with Gasteiger partial charge in [-0.15, -0.1) is 0 Å². The van der Waals surface area contributed by atoms with Gasteiger partial charge >= 0.3 is 0 Å². The first-order chi connectivity index (χ1) is 4.16. The highest BCUT2D eigenvalue weighted by Gasteiger charge is 1.92. The van der Waals surface area contributed by atoms with E-state index in [-0.39, 0.29) is 0 Å². The van der Waals surface area contributed by atoms with E-state index in [1.807, 2.05) is 0 Å². The summed E-state index contributed by atoms with van der Waals surface area (Å²) in [5, 5.41) is 0. The number of halogens is 2. The lowest BCUT2D eigenvalue weighted by Crippen LogP contribution is -1.87. The van der Waals surface area contributed by atoms with Gasteiger partial charge in [0.1, 0.15) is 6.17 Å². The normalized spacial score (nSPS) is 15.2. The van der Waals surface area contributed by atoms with Gasteiger partial charge in [0.15, 0.2) is 0 Å². The van der Waals surface area contributed by atoms with Gasteiger partial charge in [-0.2, -0.15) is 0 Å². The predicted octanol–water partition coefficient (Wildman–Crippen LogP) is 3.20.